The smallest absolute Gasteiger partial charge is 0.177 e. The highest BCUT2D eigenvalue weighted by Crippen LogP contribution is 2.33. The number of aromatic nitrogens is 3. The molecule has 3 aromatic rings. The van der Waals surface area contributed by atoms with Gasteiger partial charge in [0.05, 0.1) is 5.02 Å². The maximum Gasteiger partial charge on any atom is 0.177 e. The highest BCUT2D eigenvalue weighted by atomic mass is 35.5. The van der Waals surface area contributed by atoms with E-state index in [1.807, 2.05) is 6.92 Å². The Morgan fingerprint density at radius 3 is 2.56 bits per heavy atom. The van der Waals surface area contributed by atoms with Crippen molar-refractivity contribution in [3.63, 3.8) is 0 Å². The third-order valence-corrected chi connectivity index (χ3v) is 5.03. The van der Waals surface area contributed by atoms with Gasteiger partial charge in [-0.3, -0.25) is 0 Å². The van der Waals surface area contributed by atoms with Gasteiger partial charge in [0.25, 0.3) is 0 Å². The first-order chi connectivity index (χ1) is 12.6. The summed E-state index contributed by atoms with van der Waals surface area (Å²) in [5.41, 5.74) is 1.28. The topological polar surface area (TPSA) is 66.0 Å². The Morgan fingerprint density at radius 2 is 1.96 bits per heavy atom. The number of nitrogens with zero attached hydrogens (tertiary/aromatic N) is 4. The molecule has 0 aliphatic heterocycles. The molecule has 5 nitrogen and oxygen atoms in total. The zero-order valence-corrected chi connectivity index (χ0v) is 16.8. The lowest BCUT2D eigenvalue weighted by molar-refractivity contribution is 0.358. The van der Waals surface area contributed by atoms with E-state index in [1.54, 1.807) is 6.07 Å². The van der Waals surface area contributed by atoms with Gasteiger partial charge in [-0.2, -0.15) is 14.9 Å². The molecule has 140 valence electrons. The first kappa shape index (κ1) is 19.4. The fraction of sp³-hybridized carbons (Fsp3) is 0.316. The van der Waals surface area contributed by atoms with Crippen LogP contribution in [0.25, 0.3) is 16.9 Å². The fourth-order valence-electron chi connectivity index (χ4n) is 2.50. The zero-order chi connectivity index (χ0) is 19.9. The van der Waals surface area contributed by atoms with E-state index in [-0.39, 0.29) is 27.2 Å². The molecular weight excluding hydrogens is 388 g/mol. The molecule has 2 aromatic heterocycles. The summed E-state index contributed by atoms with van der Waals surface area (Å²) >= 11 is 12.4. The number of hydrogen-bond acceptors (Lipinski definition) is 4. The second-order valence-electron chi connectivity index (χ2n) is 7.39. The van der Waals surface area contributed by atoms with Gasteiger partial charge in [0.1, 0.15) is 34.1 Å². The van der Waals surface area contributed by atoms with Gasteiger partial charge in [-0.25, -0.2) is 9.37 Å². The summed E-state index contributed by atoms with van der Waals surface area (Å²) in [6.07, 6.45) is 0. The van der Waals surface area contributed by atoms with Crippen molar-refractivity contribution in [2.75, 3.05) is 5.32 Å². The van der Waals surface area contributed by atoms with Crippen LogP contribution in [-0.2, 0) is 0 Å². The van der Waals surface area contributed by atoms with Crippen molar-refractivity contribution < 1.29 is 4.39 Å². The van der Waals surface area contributed by atoms with E-state index in [1.165, 1.54) is 22.7 Å². The van der Waals surface area contributed by atoms with Crippen molar-refractivity contribution >= 4 is 34.7 Å². The molecule has 0 radical (unpaired) electrons. The fourth-order valence-corrected chi connectivity index (χ4v) is 2.94. The predicted octanol–water partition coefficient (Wildman–Crippen LogP) is 5.56. The highest BCUT2D eigenvalue weighted by molar-refractivity contribution is 6.33. The molecule has 3 rings (SSSR count). The van der Waals surface area contributed by atoms with E-state index in [0.717, 1.165) is 0 Å². The van der Waals surface area contributed by atoms with Crippen molar-refractivity contribution in [1.82, 2.24) is 14.6 Å². The Labute approximate surface area is 166 Å². The van der Waals surface area contributed by atoms with Crippen LogP contribution in [0.4, 0.5) is 10.2 Å². The average molecular weight is 406 g/mol. The van der Waals surface area contributed by atoms with E-state index < -0.39 is 5.82 Å². The first-order valence-electron chi connectivity index (χ1n) is 8.33. The van der Waals surface area contributed by atoms with Crippen molar-refractivity contribution in [3.8, 4) is 17.3 Å². The highest BCUT2D eigenvalue weighted by Gasteiger charge is 2.24. The van der Waals surface area contributed by atoms with Gasteiger partial charge in [-0.15, -0.1) is 0 Å². The third kappa shape index (κ3) is 3.71. The standard InChI is InChI=1S/C19H18Cl2FN5/c1-10(19(2,3)4)24-16-8-15(21)25-18-13(9-23)17(26-27(16)18)12-6-5-11(22)7-14(12)20/h5-8,10,24H,1-4H3. The molecule has 1 aromatic carbocycles. The zero-order valence-electron chi connectivity index (χ0n) is 15.3. The van der Waals surface area contributed by atoms with Gasteiger partial charge < -0.3 is 5.32 Å². The molecule has 0 bridgehead atoms. The van der Waals surface area contributed by atoms with Gasteiger partial charge in [0.2, 0.25) is 0 Å². The van der Waals surface area contributed by atoms with Crippen molar-refractivity contribution in [3.05, 3.63) is 45.8 Å². The molecule has 0 aliphatic carbocycles. The van der Waals surface area contributed by atoms with E-state index in [0.29, 0.717) is 22.7 Å². The number of halogens is 3. The molecule has 1 atom stereocenters. The summed E-state index contributed by atoms with van der Waals surface area (Å²) in [5, 5.41) is 18.0. The van der Waals surface area contributed by atoms with Crippen LogP contribution in [0.3, 0.4) is 0 Å². The van der Waals surface area contributed by atoms with E-state index in [4.69, 9.17) is 23.2 Å². The molecule has 0 amide bonds. The van der Waals surface area contributed by atoms with E-state index >= 15 is 0 Å². The normalized spacial score (nSPS) is 12.8. The molecule has 0 saturated carbocycles. The summed E-state index contributed by atoms with van der Waals surface area (Å²) in [6.45, 7) is 8.38. The van der Waals surface area contributed by atoms with Crippen LogP contribution >= 0.6 is 23.2 Å². The summed E-state index contributed by atoms with van der Waals surface area (Å²) in [6, 6.07) is 7.80. The predicted molar refractivity (Wildman–Crippen MR) is 106 cm³/mol. The quantitative estimate of drug-likeness (QED) is 0.579. The number of nitrogens with one attached hydrogen (secondary N) is 1. The monoisotopic (exact) mass is 405 g/mol. The van der Waals surface area contributed by atoms with Gasteiger partial charge in [0.15, 0.2) is 5.65 Å². The third-order valence-electron chi connectivity index (χ3n) is 4.52. The molecule has 0 saturated heterocycles. The molecule has 1 N–H and O–H groups in total. The molecule has 0 spiro atoms. The Kier molecular flexibility index (Phi) is 5.02. The van der Waals surface area contributed by atoms with Crippen LogP contribution < -0.4 is 5.32 Å². The number of benzene rings is 1. The van der Waals surface area contributed by atoms with Crippen LogP contribution in [0, 0.1) is 22.6 Å². The first-order valence-corrected chi connectivity index (χ1v) is 9.08. The Hall–Kier alpha value is -2.36. The summed E-state index contributed by atoms with van der Waals surface area (Å²) in [7, 11) is 0. The van der Waals surface area contributed by atoms with E-state index in [9.17, 15) is 9.65 Å². The summed E-state index contributed by atoms with van der Waals surface area (Å²) < 4.78 is 14.9. The molecule has 27 heavy (non-hydrogen) atoms. The largest absolute Gasteiger partial charge is 0.367 e. The number of rotatable bonds is 3. The van der Waals surface area contributed by atoms with Crippen LogP contribution in [0.1, 0.15) is 33.3 Å². The van der Waals surface area contributed by atoms with Gasteiger partial charge in [-0.1, -0.05) is 44.0 Å². The summed E-state index contributed by atoms with van der Waals surface area (Å²) in [5.74, 6) is 0.141. The molecule has 1 unspecified atom stereocenters. The number of hydrogen-bond donors (Lipinski definition) is 1. The lowest BCUT2D eigenvalue weighted by Gasteiger charge is -2.29. The van der Waals surface area contributed by atoms with Crippen molar-refractivity contribution in [2.45, 2.75) is 33.7 Å². The lowest BCUT2D eigenvalue weighted by Crippen LogP contribution is -2.31. The molecule has 2 heterocycles. The van der Waals surface area contributed by atoms with E-state index in [2.05, 4.69) is 42.2 Å². The van der Waals surface area contributed by atoms with Crippen LogP contribution in [-0.4, -0.2) is 20.6 Å². The molecule has 0 aliphatic rings. The molecular formula is C19H18Cl2FN5. The minimum Gasteiger partial charge on any atom is -0.367 e. The summed E-state index contributed by atoms with van der Waals surface area (Å²) in [4.78, 5) is 4.26. The number of nitriles is 1. The lowest BCUT2D eigenvalue weighted by atomic mass is 9.88. The minimum atomic E-state index is -0.464. The number of anilines is 1. The van der Waals surface area contributed by atoms with Crippen LogP contribution in [0.2, 0.25) is 10.2 Å². The maximum absolute atomic E-state index is 13.4. The van der Waals surface area contributed by atoms with Crippen molar-refractivity contribution in [2.24, 2.45) is 5.41 Å². The number of fused-ring (bicyclic) bond motifs is 1. The van der Waals surface area contributed by atoms with Gasteiger partial charge in [-0.05, 0) is 30.5 Å². The van der Waals surface area contributed by atoms with Gasteiger partial charge >= 0.3 is 0 Å². The maximum atomic E-state index is 13.4. The second-order valence-corrected chi connectivity index (χ2v) is 8.19. The van der Waals surface area contributed by atoms with Crippen LogP contribution in [0.5, 0.6) is 0 Å². The van der Waals surface area contributed by atoms with Crippen LogP contribution in [0.15, 0.2) is 24.3 Å². The Morgan fingerprint density at radius 1 is 1.26 bits per heavy atom. The van der Waals surface area contributed by atoms with Crippen molar-refractivity contribution in [1.29, 1.82) is 5.26 Å². The SMILES string of the molecule is CC(Nc1cc(Cl)nc2c(C#N)c(-c3ccc(F)cc3Cl)nn12)C(C)(C)C. The Balaban J connectivity index is 2.24. The molecule has 8 heteroatoms. The van der Waals surface area contributed by atoms with Gasteiger partial charge in [0, 0.05) is 17.7 Å². The minimum absolute atomic E-state index is 0.0175. The molecule has 0 fully saturated rings. The second kappa shape index (κ2) is 6.99. The average Bonchev–Trinajstić information content (AvgIpc) is 2.92. The Bertz CT molecular complexity index is 1060.